The maximum atomic E-state index is 4.29. The summed E-state index contributed by atoms with van der Waals surface area (Å²) >= 11 is 3.57. The third kappa shape index (κ3) is 1.98. The van der Waals surface area contributed by atoms with Gasteiger partial charge < -0.3 is 0 Å². The minimum Gasteiger partial charge on any atom is -0.244 e. The van der Waals surface area contributed by atoms with Crippen molar-refractivity contribution in [3.63, 3.8) is 0 Å². The molecule has 2 aromatic rings. The largest absolute Gasteiger partial charge is 0.244 e. The van der Waals surface area contributed by atoms with Gasteiger partial charge in [-0.2, -0.15) is 0 Å². The van der Waals surface area contributed by atoms with E-state index in [2.05, 4.69) is 24.0 Å². The van der Waals surface area contributed by atoms with Crippen molar-refractivity contribution in [1.29, 1.82) is 0 Å². The molecule has 0 aliphatic carbocycles. The molecule has 0 N–H and O–H groups in total. The summed E-state index contributed by atoms with van der Waals surface area (Å²) in [5, 5.41) is 3.17. The van der Waals surface area contributed by atoms with Crippen molar-refractivity contribution in [1.82, 2.24) is 4.98 Å². The number of thiazole rings is 1. The summed E-state index contributed by atoms with van der Waals surface area (Å²) in [6.45, 7) is 2.21. The first-order chi connectivity index (χ1) is 6.40. The molecule has 0 spiro atoms. The summed E-state index contributed by atoms with van der Waals surface area (Å²) in [7, 11) is 0. The van der Waals surface area contributed by atoms with Crippen molar-refractivity contribution in [3.05, 3.63) is 28.6 Å². The lowest BCUT2D eigenvalue weighted by Gasteiger charge is -1.89. The van der Waals surface area contributed by atoms with Crippen LogP contribution in [-0.2, 0) is 6.42 Å². The highest BCUT2D eigenvalue weighted by Gasteiger charge is 2.03. The van der Waals surface area contributed by atoms with Gasteiger partial charge in [0.05, 0.1) is 4.88 Å². The average molecular weight is 209 g/mol. The summed E-state index contributed by atoms with van der Waals surface area (Å²) in [5.41, 5.74) is 0. The van der Waals surface area contributed by atoms with Gasteiger partial charge in [-0.3, -0.25) is 0 Å². The van der Waals surface area contributed by atoms with Crippen molar-refractivity contribution < 1.29 is 0 Å². The highest BCUT2D eigenvalue weighted by atomic mass is 32.1. The second kappa shape index (κ2) is 4.03. The molecule has 2 rings (SSSR count). The van der Waals surface area contributed by atoms with Gasteiger partial charge in [-0.15, -0.1) is 22.7 Å². The van der Waals surface area contributed by atoms with Gasteiger partial charge >= 0.3 is 0 Å². The number of hydrogen-bond acceptors (Lipinski definition) is 3. The predicted molar refractivity (Wildman–Crippen MR) is 59.4 cm³/mol. The Morgan fingerprint density at radius 3 is 3.00 bits per heavy atom. The Balaban J connectivity index is 2.23. The van der Waals surface area contributed by atoms with Crippen LogP contribution in [0.2, 0.25) is 0 Å². The molecule has 0 radical (unpaired) electrons. The Hall–Kier alpha value is -0.670. The van der Waals surface area contributed by atoms with E-state index in [1.165, 1.54) is 22.6 Å². The molecule has 13 heavy (non-hydrogen) atoms. The lowest BCUT2D eigenvalue weighted by atomic mass is 10.3. The second-order valence-electron chi connectivity index (χ2n) is 2.85. The van der Waals surface area contributed by atoms with Gasteiger partial charge in [0.2, 0.25) is 0 Å². The van der Waals surface area contributed by atoms with E-state index in [0.717, 1.165) is 5.01 Å². The molecule has 2 heterocycles. The van der Waals surface area contributed by atoms with Gasteiger partial charge in [0, 0.05) is 16.5 Å². The fourth-order valence-corrected chi connectivity index (χ4v) is 3.05. The number of aryl methyl sites for hydroxylation is 1. The Morgan fingerprint density at radius 2 is 2.31 bits per heavy atom. The molecule has 0 atom stereocenters. The van der Waals surface area contributed by atoms with Gasteiger partial charge in [-0.25, -0.2) is 4.98 Å². The highest BCUT2D eigenvalue weighted by molar-refractivity contribution is 7.21. The zero-order chi connectivity index (χ0) is 9.10. The molecule has 0 saturated carbocycles. The number of nitrogens with zero attached hydrogens (tertiary/aromatic N) is 1. The van der Waals surface area contributed by atoms with Crippen LogP contribution in [0.1, 0.15) is 18.2 Å². The lowest BCUT2D eigenvalue weighted by molar-refractivity contribution is 0.940. The van der Waals surface area contributed by atoms with Gasteiger partial charge in [0.25, 0.3) is 0 Å². The molecule has 0 aromatic carbocycles. The maximum Gasteiger partial charge on any atom is 0.133 e. The molecule has 0 aliphatic heterocycles. The molecule has 68 valence electrons. The summed E-state index contributed by atoms with van der Waals surface area (Å²) in [6.07, 6.45) is 4.27. The van der Waals surface area contributed by atoms with Crippen molar-refractivity contribution in [3.8, 4) is 9.88 Å². The van der Waals surface area contributed by atoms with Crippen LogP contribution < -0.4 is 0 Å². The molecule has 2 aromatic heterocycles. The van der Waals surface area contributed by atoms with Crippen LogP contribution in [0.3, 0.4) is 0 Å². The zero-order valence-electron chi connectivity index (χ0n) is 7.49. The molecule has 0 saturated heterocycles. The van der Waals surface area contributed by atoms with Crippen molar-refractivity contribution in [2.24, 2.45) is 0 Å². The number of thiophene rings is 1. The zero-order valence-corrected chi connectivity index (χ0v) is 9.12. The van der Waals surface area contributed by atoms with Crippen LogP contribution in [0.5, 0.6) is 0 Å². The van der Waals surface area contributed by atoms with Crippen molar-refractivity contribution in [2.75, 3.05) is 0 Å². The summed E-state index contributed by atoms with van der Waals surface area (Å²) in [6, 6.07) is 4.39. The number of rotatable bonds is 3. The normalized spacial score (nSPS) is 10.5. The molecular formula is C10H11NS2. The number of aromatic nitrogens is 1. The van der Waals surface area contributed by atoms with Crippen LogP contribution in [0.25, 0.3) is 9.88 Å². The molecular weight excluding hydrogens is 198 g/mol. The fraction of sp³-hybridized carbons (Fsp3) is 0.300. The van der Waals surface area contributed by atoms with E-state index in [1.54, 1.807) is 11.3 Å². The minimum absolute atomic E-state index is 1.15. The van der Waals surface area contributed by atoms with Gasteiger partial charge in [0.15, 0.2) is 0 Å². The fourth-order valence-electron chi connectivity index (χ4n) is 1.22. The third-order valence-electron chi connectivity index (χ3n) is 1.80. The monoisotopic (exact) mass is 209 g/mol. The molecule has 1 nitrogen and oxygen atoms in total. The molecule has 0 unspecified atom stereocenters. The van der Waals surface area contributed by atoms with Crippen molar-refractivity contribution in [2.45, 2.75) is 19.8 Å². The quantitative estimate of drug-likeness (QED) is 0.748. The van der Waals surface area contributed by atoms with Crippen molar-refractivity contribution >= 4 is 22.7 Å². The number of hydrogen-bond donors (Lipinski definition) is 0. The summed E-state index contributed by atoms with van der Waals surface area (Å²) in [5.74, 6) is 0. The minimum atomic E-state index is 1.15. The van der Waals surface area contributed by atoms with Gasteiger partial charge in [-0.05, 0) is 18.6 Å². The van der Waals surface area contributed by atoms with E-state index >= 15 is 0 Å². The Morgan fingerprint density at radius 1 is 1.38 bits per heavy atom. The standard InChI is InChI=1S/C10H11NS2/c1-2-3-8-4-5-9(13-8)10-11-6-7-12-10/h4-7H,2-3H2,1H3. The molecule has 3 heteroatoms. The molecule has 0 bridgehead atoms. The van der Waals surface area contributed by atoms with Crippen LogP contribution in [0.15, 0.2) is 23.7 Å². The highest BCUT2D eigenvalue weighted by Crippen LogP contribution is 2.29. The Bertz CT molecular complexity index is 362. The maximum absolute atomic E-state index is 4.29. The molecule has 0 amide bonds. The predicted octanol–water partition coefficient (Wildman–Crippen LogP) is 3.82. The van der Waals surface area contributed by atoms with Gasteiger partial charge in [0.1, 0.15) is 5.01 Å². The average Bonchev–Trinajstić information content (AvgIpc) is 2.70. The van der Waals surface area contributed by atoms with E-state index in [9.17, 15) is 0 Å². The van der Waals surface area contributed by atoms with Crippen LogP contribution in [-0.4, -0.2) is 4.98 Å². The van der Waals surface area contributed by atoms with Crippen LogP contribution >= 0.6 is 22.7 Å². The van der Waals surface area contributed by atoms with E-state index in [-0.39, 0.29) is 0 Å². The lowest BCUT2D eigenvalue weighted by Crippen LogP contribution is -1.72. The first-order valence-electron chi connectivity index (χ1n) is 4.38. The van der Waals surface area contributed by atoms with Crippen LogP contribution in [0.4, 0.5) is 0 Å². The first kappa shape index (κ1) is 8.91. The topological polar surface area (TPSA) is 12.9 Å². The summed E-state index contributed by atoms with van der Waals surface area (Å²) < 4.78 is 0. The van der Waals surface area contributed by atoms with E-state index < -0.39 is 0 Å². The SMILES string of the molecule is CCCc1ccc(-c2nccs2)s1. The van der Waals surface area contributed by atoms with E-state index in [0.29, 0.717) is 0 Å². The van der Waals surface area contributed by atoms with E-state index in [4.69, 9.17) is 0 Å². The van der Waals surface area contributed by atoms with Gasteiger partial charge in [-0.1, -0.05) is 13.3 Å². The smallest absolute Gasteiger partial charge is 0.133 e. The molecule has 0 fully saturated rings. The Labute approximate surface area is 86.1 Å². The first-order valence-corrected chi connectivity index (χ1v) is 6.08. The summed E-state index contributed by atoms with van der Waals surface area (Å²) in [4.78, 5) is 7.06. The molecule has 0 aliphatic rings. The second-order valence-corrected chi connectivity index (χ2v) is 4.92. The van der Waals surface area contributed by atoms with E-state index in [1.807, 2.05) is 22.9 Å². The Kier molecular flexibility index (Phi) is 2.76. The van der Waals surface area contributed by atoms with Crippen LogP contribution in [0, 0.1) is 0 Å². The third-order valence-corrected chi connectivity index (χ3v) is 3.89.